The highest BCUT2D eigenvalue weighted by molar-refractivity contribution is 6.34. The van der Waals surface area contributed by atoms with Crippen molar-refractivity contribution in [3.63, 3.8) is 0 Å². The average molecular weight is 252 g/mol. The molecule has 0 saturated carbocycles. The Balaban J connectivity index is 2.70. The van der Waals surface area contributed by atoms with Crippen molar-refractivity contribution in [3.8, 4) is 5.75 Å². The van der Waals surface area contributed by atoms with Gasteiger partial charge in [-0.25, -0.2) is 0 Å². The standard InChI is InChI=1S/C12H16N2O4/c1-17-9-5-3-4-8(6-9)10(18-2)7-14-12(16)11(13)15/h3-6,10H,7H2,1-2H3,(H2,13,15)(H,14,16). The molecule has 98 valence electrons. The van der Waals surface area contributed by atoms with Crippen molar-refractivity contribution in [2.75, 3.05) is 20.8 Å². The van der Waals surface area contributed by atoms with Crippen LogP contribution in [0.4, 0.5) is 0 Å². The first-order valence-corrected chi connectivity index (χ1v) is 5.33. The summed E-state index contributed by atoms with van der Waals surface area (Å²) in [5.41, 5.74) is 5.67. The molecule has 0 radical (unpaired) electrons. The largest absolute Gasteiger partial charge is 0.497 e. The average Bonchev–Trinajstić information content (AvgIpc) is 2.39. The summed E-state index contributed by atoms with van der Waals surface area (Å²) in [5.74, 6) is -1.16. The molecule has 0 aliphatic carbocycles. The molecular formula is C12H16N2O4. The Labute approximate surface area is 105 Å². The van der Waals surface area contributed by atoms with Crippen LogP contribution in [0.5, 0.6) is 5.75 Å². The first kappa shape index (κ1) is 14.0. The summed E-state index contributed by atoms with van der Waals surface area (Å²) in [6.45, 7) is 0.158. The molecule has 0 fully saturated rings. The van der Waals surface area contributed by atoms with Gasteiger partial charge >= 0.3 is 11.8 Å². The highest BCUT2D eigenvalue weighted by atomic mass is 16.5. The topological polar surface area (TPSA) is 90.6 Å². The molecule has 0 aliphatic rings. The molecule has 18 heavy (non-hydrogen) atoms. The smallest absolute Gasteiger partial charge is 0.309 e. The van der Waals surface area contributed by atoms with Gasteiger partial charge in [-0.1, -0.05) is 12.1 Å². The molecule has 0 aliphatic heterocycles. The molecule has 2 amide bonds. The van der Waals surface area contributed by atoms with Crippen LogP contribution in [0.25, 0.3) is 0 Å². The number of primary amides is 1. The number of ether oxygens (including phenoxy) is 2. The first-order valence-electron chi connectivity index (χ1n) is 5.33. The van der Waals surface area contributed by atoms with E-state index in [0.717, 1.165) is 5.56 Å². The number of carbonyl (C=O) groups excluding carboxylic acids is 2. The van der Waals surface area contributed by atoms with Gasteiger partial charge in [0.1, 0.15) is 5.75 Å². The number of amides is 2. The minimum absolute atomic E-state index is 0.158. The van der Waals surface area contributed by atoms with Crippen LogP contribution in [0, 0.1) is 0 Å². The lowest BCUT2D eigenvalue weighted by molar-refractivity contribution is -0.137. The number of nitrogens with two attached hydrogens (primary N) is 1. The monoisotopic (exact) mass is 252 g/mol. The van der Waals surface area contributed by atoms with Crippen molar-refractivity contribution in [2.45, 2.75) is 6.10 Å². The van der Waals surface area contributed by atoms with E-state index in [4.69, 9.17) is 15.2 Å². The molecule has 1 unspecified atom stereocenters. The molecule has 0 heterocycles. The van der Waals surface area contributed by atoms with Gasteiger partial charge in [0, 0.05) is 13.7 Å². The van der Waals surface area contributed by atoms with Crippen LogP contribution < -0.4 is 15.8 Å². The van der Waals surface area contributed by atoms with Gasteiger partial charge in [0.2, 0.25) is 0 Å². The maximum Gasteiger partial charge on any atom is 0.309 e. The lowest BCUT2D eigenvalue weighted by Crippen LogP contribution is -2.38. The molecule has 0 bridgehead atoms. The van der Waals surface area contributed by atoms with E-state index >= 15 is 0 Å². The maximum atomic E-state index is 11.1. The second-order valence-electron chi connectivity index (χ2n) is 3.58. The van der Waals surface area contributed by atoms with Crippen molar-refractivity contribution in [1.29, 1.82) is 0 Å². The van der Waals surface area contributed by atoms with Crippen LogP contribution in [-0.2, 0) is 14.3 Å². The number of methoxy groups -OCH3 is 2. The summed E-state index contributed by atoms with van der Waals surface area (Å²) in [5, 5.41) is 2.39. The van der Waals surface area contributed by atoms with Crippen molar-refractivity contribution >= 4 is 11.8 Å². The molecule has 1 rings (SSSR count). The minimum atomic E-state index is -1.02. The van der Waals surface area contributed by atoms with Crippen LogP contribution in [0.3, 0.4) is 0 Å². The summed E-state index contributed by atoms with van der Waals surface area (Å²) in [6, 6.07) is 7.26. The maximum absolute atomic E-state index is 11.1. The van der Waals surface area contributed by atoms with Gasteiger partial charge in [-0.05, 0) is 17.7 Å². The Morgan fingerprint density at radius 1 is 1.39 bits per heavy atom. The predicted octanol–water partition coefficient (Wildman–Crippen LogP) is -0.0158. The second kappa shape index (κ2) is 6.61. The van der Waals surface area contributed by atoms with Gasteiger partial charge in [-0.15, -0.1) is 0 Å². The number of hydrogen-bond donors (Lipinski definition) is 2. The molecule has 0 saturated heterocycles. The van der Waals surface area contributed by atoms with Crippen LogP contribution in [-0.4, -0.2) is 32.6 Å². The molecule has 0 spiro atoms. The zero-order valence-electron chi connectivity index (χ0n) is 10.3. The van der Waals surface area contributed by atoms with Crippen LogP contribution in [0.1, 0.15) is 11.7 Å². The third-order valence-corrected chi connectivity index (χ3v) is 2.42. The first-order chi connectivity index (χ1) is 8.58. The number of rotatable bonds is 5. The predicted molar refractivity (Wildman–Crippen MR) is 64.9 cm³/mol. The molecule has 1 atom stereocenters. The van der Waals surface area contributed by atoms with Gasteiger partial charge < -0.3 is 20.5 Å². The summed E-state index contributed by atoms with van der Waals surface area (Å²) in [4.78, 5) is 21.6. The lowest BCUT2D eigenvalue weighted by Gasteiger charge is -2.16. The highest BCUT2D eigenvalue weighted by Gasteiger charge is 2.15. The highest BCUT2D eigenvalue weighted by Crippen LogP contribution is 2.20. The molecule has 1 aromatic rings. The summed E-state index contributed by atoms with van der Waals surface area (Å²) in [7, 11) is 3.08. The molecule has 6 heteroatoms. The van der Waals surface area contributed by atoms with Crippen molar-refractivity contribution in [2.24, 2.45) is 5.73 Å². The fourth-order valence-electron chi connectivity index (χ4n) is 1.45. The molecule has 1 aromatic carbocycles. The number of hydrogen-bond acceptors (Lipinski definition) is 4. The number of benzene rings is 1. The van der Waals surface area contributed by atoms with Crippen LogP contribution in [0.15, 0.2) is 24.3 Å². The van der Waals surface area contributed by atoms with E-state index in [1.807, 2.05) is 12.1 Å². The molecule has 3 N–H and O–H groups in total. The van der Waals surface area contributed by atoms with E-state index in [0.29, 0.717) is 5.75 Å². The van der Waals surface area contributed by atoms with Crippen LogP contribution in [0.2, 0.25) is 0 Å². The summed E-state index contributed by atoms with van der Waals surface area (Å²) in [6.07, 6.45) is -0.372. The van der Waals surface area contributed by atoms with Crippen molar-refractivity contribution in [1.82, 2.24) is 5.32 Å². The number of nitrogens with one attached hydrogen (secondary N) is 1. The number of carbonyl (C=O) groups is 2. The fraction of sp³-hybridized carbons (Fsp3) is 0.333. The molecular weight excluding hydrogens is 236 g/mol. The zero-order chi connectivity index (χ0) is 13.5. The summed E-state index contributed by atoms with van der Waals surface area (Å²) < 4.78 is 10.3. The van der Waals surface area contributed by atoms with E-state index < -0.39 is 11.8 Å². The second-order valence-corrected chi connectivity index (χ2v) is 3.58. The normalized spacial score (nSPS) is 11.7. The SMILES string of the molecule is COc1cccc(C(CNC(=O)C(N)=O)OC)c1. The Morgan fingerprint density at radius 3 is 2.67 bits per heavy atom. The third kappa shape index (κ3) is 3.74. The van der Waals surface area contributed by atoms with Crippen LogP contribution >= 0.6 is 0 Å². The van der Waals surface area contributed by atoms with Gasteiger partial charge in [0.15, 0.2) is 0 Å². The molecule has 0 aromatic heterocycles. The molecule has 6 nitrogen and oxygen atoms in total. The van der Waals surface area contributed by atoms with Gasteiger partial charge in [-0.3, -0.25) is 9.59 Å². The fourth-order valence-corrected chi connectivity index (χ4v) is 1.45. The Morgan fingerprint density at radius 2 is 2.11 bits per heavy atom. The van der Waals surface area contributed by atoms with E-state index in [-0.39, 0.29) is 12.6 Å². The van der Waals surface area contributed by atoms with Crippen molar-refractivity contribution < 1.29 is 19.1 Å². The van der Waals surface area contributed by atoms with Gasteiger partial charge in [0.05, 0.1) is 13.2 Å². The Hall–Kier alpha value is -2.08. The third-order valence-electron chi connectivity index (χ3n) is 2.42. The quantitative estimate of drug-likeness (QED) is 0.721. The summed E-state index contributed by atoms with van der Waals surface area (Å²) >= 11 is 0. The van der Waals surface area contributed by atoms with Crippen molar-refractivity contribution in [3.05, 3.63) is 29.8 Å². The Kier molecular flexibility index (Phi) is 5.13. The zero-order valence-corrected chi connectivity index (χ0v) is 10.3. The van der Waals surface area contributed by atoms with E-state index in [1.54, 1.807) is 19.2 Å². The minimum Gasteiger partial charge on any atom is -0.497 e. The van der Waals surface area contributed by atoms with Gasteiger partial charge in [-0.2, -0.15) is 0 Å². The van der Waals surface area contributed by atoms with E-state index in [9.17, 15) is 9.59 Å². The lowest BCUT2D eigenvalue weighted by atomic mass is 10.1. The van der Waals surface area contributed by atoms with E-state index in [1.165, 1.54) is 7.11 Å². The van der Waals surface area contributed by atoms with Gasteiger partial charge in [0.25, 0.3) is 0 Å². The van der Waals surface area contributed by atoms with E-state index in [2.05, 4.69) is 5.32 Å². The Bertz CT molecular complexity index is 434.